The average Bonchev–Trinajstić information content (AvgIpc) is 3.27. The first-order valence-electron chi connectivity index (χ1n) is 11.3. The lowest BCUT2D eigenvalue weighted by atomic mass is 10.2. The standard InChI is InChI=1S/C25H29N3O5/c1-3-31-25(30)20-15-28(23-11-7-8-14-32-23)26-21(20)16-27-13-12-22(18(2)24(27)29)33-17-19-9-5-4-6-10-19/h4-6,9-10,12-13,15,23H,3,7-8,11,14,16-17H2,1-2H3. The number of aromatic nitrogens is 3. The second kappa shape index (κ2) is 10.5. The largest absolute Gasteiger partial charge is 0.488 e. The quantitative estimate of drug-likeness (QED) is 0.484. The monoisotopic (exact) mass is 451 g/mol. The zero-order valence-electron chi connectivity index (χ0n) is 19.0. The fourth-order valence-electron chi connectivity index (χ4n) is 3.85. The Balaban J connectivity index is 1.57. The number of ether oxygens (including phenoxy) is 3. The Bertz CT molecular complexity index is 1150. The molecule has 8 heteroatoms. The summed E-state index contributed by atoms with van der Waals surface area (Å²) in [5.41, 5.74) is 2.15. The van der Waals surface area contributed by atoms with Gasteiger partial charge in [0.15, 0.2) is 0 Å². The summed E-state index contributed by atoms with van der Waals surface area (Å²) in [7, 11) is 0. The number of hydrogen-bond acceptors (Lipinski definition) is 6. The van der Waals surface area contributed by atoms with Crippen molar-refractivity contribution in [1.29, 1.82) is 0 Å². The molecule has 33 heavy (non-hydrogen) atoms. The molecule has 174 valence electrons. The molecule has 8 nitrogen and oxygen atoms in total. The van der Waals surface area contributed by atoms with E-state index in [1.807, 2.05) is 30.3 Å². The molecule has 1 saturated heterocycles. The molecule has 1 unspecified atom stereocenters. The molecule has 0 aliphatic carbocycles. The first-order valence-corrected chi connectivity index (χ1v) is 11.3. The second-order valence-corrected chi connectivity index (χ2v) is 8.02. The summed E-state index contributed by atoms with van der Waals surface area (Å²) >= 11 is 0. The van der Waals surface area contributed by atoms with Crippen LogP contribution in [0.4, 0.5) is 0 Å². The van der Waals surface area contributed by atoms with E-state index in [2.05, 4.69) is 5.10 Å². The maximum atomic E-state index is 13.0. The molecule has 0 spiro atoms. The van der Waals surface area contributed by atoms with Crippen molar-refractivity contribution in [2.45, 2.75) is 52.5 Å². The summed E-state index contributed by atoms with van der Waals surface area (Å²) in [5.74, 6) is 0.0778. The summed E-state index contributed by atoms with van der Waals surface area (Å²) in [5, 5.41) is 4.60. The van der Waals surface area contributed by atoms with E-state index >= 15 is 0 Å². The zero-order chi connectivity index (χ0) is 23.2. The molecule has 3 aromatic rings. The van der Waals surface area contributed by atoms with Crippen LogP contribution >= 0.6 is 0 Å². The topological polar surface area (TPSA) is 84.6 Å². The first kappa shape index (κ1) is 22.8. The van der Waals surface area contributed by atoms with Crippen LogP contribution in [-0.4, -0.2) is 33.5 Å². The number of rotatable bonds is 8. The van der Waals surface area contributed by atoms with E-state index in [0.717, 1.165) is 24.8 Å². The first-order chi connectivity index (χ1) is 16.1. The van der Waals surface area contributed by atoms with Gasteiger partial charge in [-0.3, -0.25) is 4.79 Å². The van der Waals surface area contributed by atoms with E-state index in [1.165, 1.54) is 4.57 Å². The number of nitrogens with zero attached hydrogens (tertiary/aromatic N) is 3. The van der Waals surface area contributed by atoms with Crippen LogP contribution in [0.5, 0.6) is 5.75 Å². The predicted octanol–water partition coefficient (Wildman–Crippen LogP) is 3.86. The third-order valence-corrected chi connectivity index (χ3v) is 5.67. The number of benzene rings is 1. The molecule has 0 saturated carbocycles. The highest BCUT2D eigenvalue weighted by Gasteiger charge is 2.23. The van der Waals surface area contributed by atoms with Crippen molar-refractivity contribution in [3.05, 3.63) is 81.5 Å². The van der Waals surface area contributed by atoms with Crippen LogP contribution in [0.3, 0.4) is 0 Å². The van der Waals surface area contributed by atoms with E-state index in [0.29, 0.717) is 35.8 Å². The molecule has 0 amide bonds. The van der Waals surface area contributed by atoms with Gasteiger partial charge in [0.05, 0.1) is 24.4 Å². The molecule has 0 N–H and O–H groups in total. The van der Waals surface area contributed by atoms with Gasteiger partial charge in [-0.15, -0.1) is 0 Å². The summed E-state index contributed by atoms with van der Waals surface area (Å²) in [6.45, 7) is 4.94. The van der Waals surface area contributed by atoms with Crippen LogP contribution in [0, 0.1) is 6.92 Å². The minimum Gasteiger partial charge on any atom is -0.488 e. The molecule has 4 rings (SSSR count). The lowest BCUT2D eigenvalue weighted by Crippen LogP contribution is -2.24. The van der Waals surface area contributed by atoms with Crippen molar-refractivity contribution in [1.82, 2.24) is 14.3 Å². The number of hydrogen-bond donors (Lipinski definition) is 0. The summed E-state index contributed by atoms with van der Waals surface area (Å²) in [4.78, 5) is 25.6. The molecule has 0 radical (unpaired) electrons. The SMILES string of the molecule is CCOC(=O)c1cn(C2CCCCO2)nc1Cn1ccc(OCc2ccccc2)c(C)c1=O. The van der Waals surface area contributed by atoms with Crippen molar-refractivity contribution < 1.29 is 19.0 Å². The molecule has 1 aromatic carbocycles. The fraction of sp³-hybridized carbons (Fsp3) is 0.400. The Morgan fingerprint density at radius 1 is 1.21 bits per heavy atom. The Kier molecular flexibility index (Phi) is 7.24. The van der Waals surface area contributed by atoms with Gasteiger partial charge in [-0.2, -0.15) is 5.10 Å². The van der Waals surface area contributed by atoms with Crippen LogP contribution in [-0.2, 0) is 22.6 Å². The molecule has 1 aliphatic heterocycles. The Hall–Kier alpha value is -3.39. The highest BCUT2D eigenvalue weighted by Crippen LogP contribution is 2.24. The summed E-state index contributed by atoms with van der Waals surface area (Å²) in [6, 6.07) is 11.6. The van der Waals surface area contributed by atoms with E-state index in [9.17, 15) is 9.59 Å². The van der Waals surface area contributed by atoms with Crippen molar-refractivity contribution in [2.75, 3.05) is 13.2 Å². The van der Waals surface area contributed by atoms with E-state index in [1.54, 1.807) is 37.0 Å². The highest BCUT2D eigenvalue weighted by atomic mass is 16.5. The van der Waals surface area contributed by atoms with Gasteiger partial charge < -0.3 is 18.8 Å². The Morgan fingerprint density at radius 3 is 2.76 bits per heavy atom. The van der Waals surface area contributed by atoms with Gasteiger partial charge in [0, 0.05) is 19.0 Å². The molecule has 1 aliphatic rings. The van der Waals surface area contributed by atoms with Gasteiger partial charge in [-0.25, -0.2) is 9.48 Å². The lowest BCUT2D eigenvalue weighted by Gasteiger charge is -2.22. The molecule has 1 fully saturated rings. The highest BCUT2D eigenvalue weighted by molar-refractivity contribution is 5.90. The smallest absolute Gasteiger partial charge is 0.341 e. The van der Waals surface area contributed by atoms with Gasteiger partial charge in [-0.05, 0) is 44.7 Å². The zero-order valence-corrected chi connectivity index (χ0v) is 19.0. The summed E-state index contributed by atoms with van der Waals surface area (Å²) in [6.07, 6.45) is 6.00. The van der Waals surface area contributed by atoms with Gasteiger partial charge in [0.25, 0.3) is 5.56 Å². The van der Waals surface area contributed by atoms with Crippen molar-refractivity contribution in [3.8, 4) is 5.75 Å². The van der Waals surface area contributed by atoms with Crippen LogP contribution in [0.25, 0.3) is 0 Å². The van der Waals surface area contributed by atoms with Gasteiger partial charge >= 0.3 is 5.97 Å². The normalized spacial score (nSPS) is 15.9. The minimum absolute atomic E-state index is 0.145. The van der Waals surface area contributed by atoms with E-state index in [4.69, 9.17) is 14.2 Å². The minimum atomic E-state index is -0.456. The predicted molar refractivity (Wildman–Crippen MR) is 122 cm³/mol. The molecule has 1 atom stereocenters. The Morgan fingerprint density at radius 2 is 2.03 bits per heavy atom. The number of esters is 1. The Labute approximate surface area is 192 Å². The van der Waals surface area contributed by atoms with Gasteiger partial charge in [-0.1, -0.05) is 30.3 Å². The van der Waals surface area contributed by atoms with Gasteiger partial charge in [0.2, 0.25) is 0 Å². The van der Waals surface area contributed by atoms with Crippen LogP contribution < -0.4 is 10.3 Å². The molecular formula is C25H29N3O5. The molecule has 2 aromatic heterocycles. The maximum Gasteiger partial charge on any atom is 0.341 e. The van der Waals surface area contributed by atoms with Crippen LogP contribution in [0.1, 0.15) is 59.6 Å². The number of pyridine rings is 1. The average molecular weight is 452 g/mol. The molecule has 3 heterocycles. The van der Waals surface area contributed by atoms with Crippen LogP contribution in [0.2, 0.25) is 0 Å². The maximum absolute atomic E-state index is 13.0. The summed E-state index contributed by atoms with van der Waals surface area (Å²) < 4.78 is 20.1. The van der Waals surface area contributed by atoms with E-state index < -0.39 is 5.97 Å². The molecule has 0 bridgehead atoms. The van der Waals surface area contributed by atoms with Crippen LogP contribution in [0.15, 0.2) is 53.6 Å². The number of carbonyl (C=O) groups excluding carboxylic acids is 1. The third kappa shape index (κ3) is 5.34. The second-order valence-electron chi connectivity index (χ2n) is 8.02. The van der Waals surface area contributed by atoms with Crippen molar-refractivity contribution in [2.24, 2.45) is 0 Å². The fourth-order valence-corrected chi connectivity index (χ4v) is 3.85. The van der Waals surface area contributed by atoms with Crippen molar-refractivity contribution >= 4 is 5.97 Å². The van der Waals surface area contributed by atoms with Crippen molar-refractivity contribution in [3.63, 3.8) is 0 Å². The lowest BCUT2D eigenvalue weighted by molar-refractivity contribution is -0.0397. The third-order valence-electron chi connectivity index (χ3n) is 5.67. The number of carbonyl (C=O) groups is 1. The molecular weight excluding hydrogens is 422 g/mol. The van der Waals surface area contributed by atoms with E-state index in [-0.39, 0.29) is 24.9 Å². The van der Waals surface area contributed by atoms with Gasteiger partial charge in [0.1, 0.15) is 24.1 Å².